The summed E-state index contributed by atoms with van der Waals surface area (Å²) in [6.45, 7) is 5.34. The maximum atomic E-state index is 12.1. The first-order chi connectivity index (χ1) is 9.17. The second kappa shape index (κ2) is 5.18. The SMILES string of the molecule is CC(C)(C)NS(=O)(=O)c1ccc(C(=O)NC2CC2)cc1. The summed E-state index contributed by atoms with van der Waals surface area (Å²) < 4.78 is 26.8. The molecule has 1 aliphatic rings. The van der Waals surface area contributed by atoms with E-state index in [0.29, 0.717) is 5.56 Å². The molecule has 0 unspecified atom stereocenters. The molecule has 1 aromatic carbocycles. The number of carbonyl (C=O) groups excluding carboxylic acids is 1. The Hall–Kier alpha value is -1.40. The summed E-state index contributed by atoms with van der Waals surface area (Å²) in [5.41, 5.74) is -0.0625. The van der Waals surface area contributed by atoms with E-state index in [-0.39, 0.29) is 16.8 Å². The predicted octanol–water partition coefficient (Wildman–Crippen LogP) is 1.66. The zero-order valence-electron chi connectivity index (χ0n) is 11.9. The van der Waals surface area contributed by atoms with Crippen LogP contribution in [0.5, 0.6) is 0 Å². The van der Waals surface area contributed by atoms with Crippen LogP contribution in [0.2, 0.25) is 0 Å². The quantitative estimate of drug-likeness (QED) is 0.887. The van der Waals surface area contributed by atoms with Crippen LogP contribution in [-0.4, -0.2) is 25.9 Å². The van der Waals surface area contributed by atoms with Gasteiger partial charge in [-0.2, -0.15) is 0 Å². The summed E-state index contributed by atoms with van der Waals surface area (Å²) in [6.07, 6.45) is 2.04. The third kappa shape index (κ3) is 4.05. The number of hydrogen-bond acceptors (Lipinski definition) is 3. The molecule has 5 nitrogen and oxygen atoms in total. The van der Waals surface area contributed by atoms with E-state index in [1.54, 1.807) is 20.8 Å². The fraction of sp³-hybridized carbons (Fsp3) is 0.500. The Kier molecular flexibility index (Phi) is 3.88. The van der Waals surface area contributed by atoms with Crippen LogP contribution in [0.1, 0.15) is 44.0 Å². The van der Waals surface area contributed by atoms with Crippen LogP contribution in [-0.2, 0) is 10.0 Å². The van der Waals surface area contributed by atoms with Gasteiger partial charge in [0.25, 0.3) is 5.91 Å². The number of nitrogens with one attached hydrogen (secondary N) is 2. The van der Waals surface area contributed by atoms with Gasteiger partial charge in [-0.05, 0) is 57.9 Å². The zero-order chi connectivity index (χ0) is 15.0. The smallest absolute Gasteiger partial charge is 0.251 e. The molecule has 1 aromatic rings. The molecule has 0 radical (unpaired) electrons. The maximum absolute atomic E-state index is 12.1. The van der Waals surface area contributed by atoms with Gasteiger partial charge in [0.1, 0.15) is 0 Å². The van der Waals surface area contributed by atoms with Crippen molar-refractivity contribution in [2.24, 2.45) is 0 Å². The van der Waals surface area contributed by atoms with Gasteiger partial charge < -0.3 is 5.32 Å². The van der Waals surface area contributed by atoms with E-state index < -0.39 is 15.6 Å². The molecule has 1 fully saturated rings. The molecule has 2 rings (SSSR count). The van der Waals surface area contributed by atoms with Crippen LogP contribution < -0.4 is 10.0 Å². The highest BCUT2D eigenvalue weighted by Gasteiger charge is 2.25. The Bertz CT molecular complexity index is 596. The predicted molar refractivity (Wildman–Crippen MR) is 77.0 cm³/mol. The van der Waals surface area contributed by atoms with Crippen molar-refractivity contribution < 1.29 is 13.2 Å². The molecular formula is C14H20N2O3S. The largest absolute Gasteiger partial charge is 0.349 e. The highest BCUT2D eigenvalue weighted by atomic mass is 32.2. The van der Waals surface area contributed by atoms with E-state index in [9.17, 15) is 13.2 Å². The maximum Gasteiger partial charge on any atom is 0.251 e. The third-order valence-corrected chi connectivity index (χ3v) is 4.55. The fourth-order valence-electron chi connectivity index (χ4n) is 1.74. The third-order valence-electron chi connectivity index (χ3n) is 2.78. The molecule has 0 bridgehead atoms. The molecule has 0 atom stereocenters. The molecule has 0 aliphatic heterocycles. The highest BCUT2D eigenvalue weighted by molar-refractivity contribution is 7.89. The summed E-state index contributed by atoms with van der Waals surface area (Å²) in [6, 6.07) is 6.27. The number of benzene rings is 1. The molecule has 1 aliphatic carbocycles. The second-order valence-electron chi connectivity index (χ2n) is 6.13. The summed E-state index contributed by atoms with van der Waals surface area (Å²) >= 11 is 0. The zero-order valence-corrected chi connectivity index (χ0v) is 12.8. The lowest BCUT2D eigenvalue weighted by atomic mass is 10.1. The topological polar surface area (TPSA) is 75.3 Å². The Labute approximate surface area is 119 Å². The Morgan fingerprint density at radius 2 is 1.70 bits per heavy atom. The van der Waals surface area contributed by atoms with Gasteiger partial charge in [-0.25, -0.2) is 13.1 Å². The standard InChI is InChI=1S/C14H20N2O3S/c1-14(2,3)16-20(18,19)12-8-4-10(5-9-12)13(17)15-11-6-7-11/h4-5,8-9,11,16H,6-7H2,1-3H3,(H,15,17). The van der Waals surface area contributed by atoms with Crippen molar-refractivity contribution >= 4 is 15.9 Å². The normalized spacial score (nSPS) is 15.9. The summed E-state index contributed by atoms with van der Waals surface area (Å²) in [7, 11) is -3.55. The van der Waals surface area contributed by atoms with Gasteiger partial charge >= 0.3 is 0 Å². The average Bonchev–Trinajstić information content (AvgIpc) is 3.10. The Morgan fingerprint density at radius 1 is 1.15 bits per heavy atom. The fourth-order valence-corrected chi connectivity index (χ4v) is 3.16. The van der Waals surface area contributed by atoms with Crippen molar-refractivity contribution in [2.45, 2.75) is 50.1 Å². The average molecular weight is 296 g/mol. The van der Waals surface area contributed by atoms with E-state index in [1.807, 2.05) is 0 Å². The molecule has 6 heteroatoms. The van der Waals surface area contributed by atoms with Crippen molar-refractivity contribution in [1.82, 2.24) is 10.0 Å². The highest BCUT2D eigenvalue weighted by Crippen LogP contribution is 2.20. The molecule has 1 amide bonds. The number of rotatable bonds is 4. The van der Waals surface area contributed by atoms with Gasteiger partial charge in [-0.3, -0.25) is 4.79 Å². The van der Waals surface area contributed by atoms with Crippen LogP contribution >= 0.6 is 0 Å². The minimum atomic E-state index is -3.55. The molecular weight excluding hydrogens is 276 g/mol. The van der Waals surface area contributed by atoms with Gasteiger partial charge in [0, 0.05) is 17.1 Å². The molecule has 0 spiro atoms. The molecule has 2 N–H and O–H groups in total. The molecule has 20 heavy (non-hydrogen) atoms. The van der Waals surface area contributed by atoms with Crippen LogP contribution in [0.15, 0.2) is 29.2 Å². The summed E-state index contributed by atoms with van der Waals surface area (Å²) in [4.78, 5) is 12.0. The lowest BCUT2D eigenvalue weighted by Crippen LogP contribution is -2.40. The van der Waals surface area contributed by atoms with E-state index in [2.05, 4.69) is 10.0 Å². The minimum Gasteiger partial charge on any atom is -0.349 e. The van der Waals surface area contributed by atoms with Crippen molar-refractivity contribution in [2.75, 3.05) is 0 Å². The van der Waals surface area contributed by atoms with E-state index in [4.69, 9.17) is 0 Å². The summed E-state index contributed by atoms with van der Waals surface area (Å²) in [5.74, 6) is -0.153. The van der Waals surface area contributed by atoms with E-state index in [0.717, 1.165) is 12.8 Å². The first-order valence-electron chi connectivity index (χ1n) is 6.62. The van der Waals surface area contributed by atoms with Gasteiger partial charge in [0.05, 0.1) is 4.90 Å². The van der Waals surface area contributed by atoms with Gasteiger partial charge in [0.15, 0.2) is 0 Å². The van der Waals surface area contributed by atoms with E-state index >= 15 is 0 Å². The monoisotopic (exact) mass is 296 g/mol. The van der Waals surface area contributed by atoms with Crippen molar-refractivity contribution in [3.05, 3.63) is 29.8 Å². The van der Waals surface area contributed by atoms with Gasteiger partial charge in [0.2, 0.25) is 10.0 Å². The van der Waals surface area contributed by atoms with Crippen LogP contribution in [0.4, 0.5) is 0 Å². The first-order valence-corrected chi connectivity index (χ1v) is 8.11. The van der Waals surface area contributed by atoms with Crippen molar-refractivity contribution in [1.29, 1.82) is 0 Å². The lowest BCUT2D eigenvalue weighted by Gasteiger charge is -2.20. The van der Waals surface area contributed by atoms with Crippen molar-refractivity contribution in [3.8, 4) is 0 Å². The van der Waals surface area contributed by atoms with Gasteiger partial charge in [-0.15, -0.1) is 0 Å². The molecule has 0 heterocycles. The Balaban J connectivity index is 2.12. The van der Waals surface area contributed by atoms with Gasteiger partial charge in [-0.1, -0.05) is 0 Å². The van der Waals surface area contributed by atoms with Crippen LogP contribution in [0, 0.1) is 0 Å². The molecule has 0 aromatic heterocycles. The second-order valence-corrected chi connectivity index (χ2v) is 7.81. The molecule has 0 saturated heterocycles. The molecule has 110 valence electrons. The molecule has 1 saturated carbocycles. The number of carbonyl (C=O) groups is 1. The summed E-state index contributed by atoms with van der Waals surface area (Å²) in [5, 5.41) is 2.86. The van der Waals surface area contributed by atoms with Crippen molar-refractivity contribution in [3.63, 3.8) is 0 Å². The lowest BCUT2D eigenvalue weighted by molar-refractivity contribution is 0.0951. The van der Waals surface area contributed by atoms with Crippen LogP contribution in [0.25, 0.3) is 0 Å². The number of hydrogen-bond donors (Lipinski definition) is 2. The number of amides is 1. The first kappa shape index (κ1) is 15.0. The Morgan fingerprint density at radius 3 is 2.15 bits per heavy atom. The van der Waals surface area contributed by atoms with Crippen LogP contribution in [0.3, 0.4) is 0 Å². The minimum absolute atomic E-state index is 0.153. The number of sulfonamides is 1. The van der Waals surface area contributed by atoms with E-state index in [1.165, 1.54) is 24.3 Å².